The van der Waals surface area contributed by atoms with Gasteiger partial charge in [0.05, 0.1) is 30.5 Å². The topological polar surface area (TPSA) is 79.9 Å². The lowest BCUT2D eigenvalue weighted by Gasteiger charge is -2.32. The van der Waals surface area contributed by atoms with Gasteiger partial charge in [0.1, 0.15) is 5.75 Å². The van der Waals surface area contributed by atoms with E-state index in [1.54, 1.807) is 19.1 Å². The van der Waals surface area contributed by atoms with Crippen molar-refractivity contribution in [3.05, 3.63) is 70.9 Å². The molecule has 4 rings (SSSR count). The standard InChI is InChI=1S/C23H23F2N3O4/c1-2-31-21(29)19-16(13-28-12-11-14-7-3-5-9-17(14)28)26-23(30)27-20(19)15-8-4-6-10-18(15)32-22(24)25/h3-10,20,22H,2,11-13H2,1H3,(H2,26,27,30). The van der Waals surface area contributed by atoms with Crippen molar-refractivity contribution in [1.82, 2.24) is 10.6 Å². The molecule has 2 aromatic rings. The summed E-state index contributed by atoms with van der Waals surface area (Å²) in [6.07, 6.45) is 0.846. The van der Waals surface area contributed by atoms with Gasteiger partial charge in [0.25, 0.3) is 0 Å². The Hall–Kier alpha value is -3.62. The van der Waals surface area contributed by atoms with Crippen LogP contribution in [-0.4, -0.2) is 38.3 Å². The molecule has 2 amide bonds. The van der Waals surface area contributed by atoms with Crippen LogP contribution in [-0.2, 0) is 16.0 Å². The fraction of sp³-hybridized carbons (Fsp3) is 0.304. The molecule has 1 atom stereocenters. The number of amides is 2. The average molecular weight is 443 g/mol. The SMILES string of the molecule is CCOC(=O)C1=C(CN2CCc3ccccc32)NC(=O)NC1c1ccccc1OC(F)F. The van der Waals surface area contributed by atoms with Gasteiger partial charge in [0.15, 0.2) is 0 Å². The van der Waals surface area contributed by atoms with Crippen LogP contribution in [0.4, 0.5) is 19.3 Å². The quantitative estimate of drug-likeness (QED) is 0.640. The van der Waals surface area contributed by atoms with E-state index in [4.69, 9.17) is 4.74 Å². The first kappa shape index (κ1) is 21.6. The van der Waals surface area contributed by atoms with Crippen LogP contribution in [0.3, 0.4) is 0 Å². The van der Waals surface area contributed by atoms with E-state index in [9.17, 15) is 18.4 Å². The van der Waals surface area contributed by atoms with E-state index in [-0.39, 0.29) is 30.0 Å². The predicted molar refractivity (Wildman–Crippen MR) is 114 cm³/mol. The number of halogens is 2. The van der Waals surface area contributed by atoms with Gasteiger partial charge < -0.3 is 25.0 Å². The second-order valence-electron chi connectivity index (χ2n) is 7.36. The number of benzene rings is 2. The van der Waals surface area contributed by atoms with Gasteiger partial charge in [-0.1, -0.05) is 36.4 Å². The highest BCUT2D eigenvalue weighted by Gasteiger charge is 2.36. The zero-order valence-electron chi connectivity index (χ0n) is 17.4. The van der Waals surface area contributed by atoms with Gasteiger partial charge in [0, 0.05) is 17.8 Å². The predicted octanol–water partition coefficient (Wildman–Crippen LogP) is 3.52. The summed E-state index contributed by atoms with van der Waals surface area (Å²) in [6.45, 7) is -0.278. The third-order valence-corrected chi connectivity index (χ3v) is 5.43. The summed E-state index contributed by atoms with van der Waals surface area (Å²) in [6, 6.07) is 12.4. The number of carbonyl (C=O) groups is 2. The third kappa shape index (κ3) is 4.37. The molecule has 2 heterocycles. The van der Waals surface area contributed by atoms with Crippen molar-refractivity contribution in [1.29, 1.82) is 0 Å². The first-order valence-electron chi connectivity index (χ1n) is 10.3. The normalized spacial score (nSPS) is 17.7. The number of nitrogens with one attached hydrogen (secondary N) is 2. The van der Waals surface area contributed by atoms with E-state index >= 15 is 0 Å². The van der Waals surface area contributed by atoms with Crippen LogP contribution in [0.15, 0.2) is 59.8 Å². The van der Waals surface area contributed by atoms with Gasteiger partial charge in [-0.05, 0) is 31.0 Å². The number of ether oxygens (including phenoxy) is 2. The Morgan fingerprint density at radius 2 is 1.94 bits per heavy atom. The number of urea groups is 1. The number of nitrogens with zero attached hydrogens (tertiary/aromatic N) is 1. The molecule has 2 aliphatic heterocycles. The average Bonchev–Trinajstić information content (AvgIpc) is 3.16. The molecular formula is C23H23F2N3O4. The third-order valence-electron chi connectivity index (χ3n) is 5.43. The van der Waals surface area contributed by atoms with Crippen LogP contribution in [0.2, 0.25) is 0 Å². The summed E-state index contributed by atoms with van der Waals surface area (Å²) in [5, 5.41) is 5.38. The molecule has 7 nitrogen and oxygen atoms in total. The molecule has 1 unspecified atom stereocenters. The number of hydrogen-bond donors (Lipinski definition) is 2. The minimum atomic E-state index is -3.05. The molecule has 0 radical (unpaired) electrons. The Balaban J connectivity index is 1.77. The highest BCUT2D eigenvalue weighted by atomic mass is 19.3. The van der Waals surface area contributed by atoms with E-state index < -0.39 is 24.7 Å². The first-order chi connectivity index (χ1) is 15.5. The number of carbonyl (C=O) groups excluding carboxylic acids is 2. The van der Waals surface area contributed by atoms with Crippen LogP contribution < -0.4 is 20.3 Å². The minimum Gasteiger partial charge on any atom is -0.463 e. The number of hydrogen-bond acceptors (Lipinski definition) is 5. The van der Waals surface area contributed by atoms with Crippen LogP contribution in [0.5, 0.6) is 5.75 Å². The molecule has 0 fully saturated rings. The zero-order chi connectivity index (χ0) is 22.7. The number of rotatable bonds is 7. The summed E-state index contributed by atoms with van der Waals surface area (Å²) < 4.78 is 35.9. The fourth-order valence-corrected chi connectivity index (χ4v) is 4.11. The Morgan fingerprint density at radius 1 is 1.19 bits per heavy atom. The van der Waals surface area contributed by atoms with Crippen molar-refractivity contribution in [3.8, 4) is 5.75 Å². The number of fused-ring (bicyclic) bond motifs is 1. The molecule has 2 aliphatic rings. The maximum atomic E-state index is 13.0. The second-order valence-corrected chi connectivity index (χ2v) is 7.36. The Bertz CT molecular complexity index is 1060. The van der Waals surface area contributed by atoms with Crippen molar-refractivity contribution in [2.45, 2.75) is 26.0 Å². The molecule has 2 N–H and O–H groups in total. The molecule has 0 bridgehead atoms. The van der Waals surface area contributed by atoms with Crippen molar-refractivity contribution < 1.29 is 27.8 Å². The number of anilines is 1. The zero-order valence-corrected chi connectivity index (χ0v) is 17.4. The lowest BCUT2D eigenvalue weighted by Crippen LogP contribution is -2.48. The molecule has 2 aromatic carbocycles. The Kier molecular flexibility index (Phi) is 6.25. The van der Waals surface area contributed by atoms with Gasteiger partial charge in [-0.3, -0.25) is 0 Å². The van der Waals surface area contributed by atoms with E-state index in [0.29, 0.717) is 5.70 Å². The second kappa shape index (κ2) is 9.25. The van der Waals surface area contributed by atoms with Crippen molar-refractivity contribution in [2.75, 3.05) is 24.6 Å². The smallest absolute Gasteiger partial charge is 0.387 e. The molecule has 0 aromatic heterocycles. The number of alkyl halides is 2. The van der Waals surface area contributed by atoms with Crippen LogP contribution >= 0.6 is 0 Å². The van der Waals surface area contributed by atoms with Gasteiger partial charge in [-0.15, -0.1) is 0 Å². The maximum absolute atomic E-state index is 13.0. The monoisotopic (exact) mass is 443 g/mol. The van der Waals surface area contributed by atoms with Gasteiger partial charge in [0.2, 0.25) is 0 Å². The van der Waals surface area contributed by atoms with Gasteiger partial charge in [-0.2, -0.15) is 8.78 Å². The molecular weight excluding hydrogens is 420 g/mol. The molecule has 9 heteroatoms. The van der Waals surface area contributed by atoms with Crippen LogP contribution in [0, 0.1) is 0 Å². The maximum Gasteiger partial charge on any atom is 0.387 e. The molecule has 0 saturated carbocycles. The lowest BCUT2D eigenvalue weighted by atomic mass is 9.94. The summed E-state index contributed by atoms with van der Waals surface area (Å²) in [5.41, 5.74) is 2.96. The van der Waals surface area contributed by atoms with Gasteiger partial charge >= 0.3 is 18.6 Å². The summed E-state index contributed by atoms with van der Waals surface area (Å²) in [4.78, 5) is 27.6. The van der Waals surface area contributed by atoms with Gasteiger partial charge in [-0.25, -0.2) is 9.59 Å². The lowest BCUT2D eigenvalue weighted by molar-refractivity contribution is -0.139. The molecule has 0 spiro atoms. The summed E-state index contributed by atoms with van der Waals surface area (Å²) in [7, 11) is 0. The molecule has 32 heavy (non-hydrogen) atoms. The fourth-order valence-electron chi connectivity index (χ4n) is 4.11. The van der Waals surface area contributed by atoms with E-state index in [0.717, 1.165) is 18.7 Å². The number of esters is 1. The highest BCUT2D eigenvalue weighted by Crippen LogP contribution is 2.35. The van der Waals surface area contributed by atoms with Crippen molar-refractivity contribution in [2.24, 2.45) is 0 Å². The Morgan fingerprint density at radius 3 is 2.72 bits per heavy atom. The Labute approximate surface area is 184 Å². The van der Waals surface area contributed by atoms with Crippen LogP contribution in [0.25, 0.3) is 0 Å². The minimum absolute atomic E-state index is 0.123. The highest BCUT2D eigenvalue weighted by molar-refractivity contribution is 5.95. The first-order valence-corrected chi connectivity index (χ1v) is 10.3. The number of para-hydroxylation sites is 2. The van der Waals surface area contributed by atoms with Crippen molar-refractivity contribution in [3.63, 3.8) is 0 Å². The van der Waals surface area contributed by atoms with E-state index in [1.807, 2.05) is 24.3 Å². The summed E-state index contributed by atoms with van der Waals surface area (Å²) in [5.74, 6) is -0.762. The van der Waals surface area contributed by atoms with E-state index in [2.05, 4.69) is 20.3 Å². The van der Waals surface area contributed by atoms with Crippen LogP contribution in [0.1, 0.15) is 24.1 Å². The largest absolute Gasteiger partial charge is 0.463 e. The molecule has 0 saturated heterocycles. The molecule has 168 valence electrons. The molecule has 0 aliphatic carbocycles. The summed E-state index contributed by atoms with van der Waals surface area (Å²) >= 11 is 0. The van der Waals surface area contributed by atoms with E-state index in [1.165, 1.54) is 17.7 Å². The van der Waals surface area contributed by atoms with Crippen molar-refractivity contribution >= 4 is 17.7 Å².